The highest BCUT2D eigenvalue weighted by molar-refractivity contribution is 5.77. The van der Waals surface area contributed by atoms with Crippen LogP contribution >= 0.6 is 0 Å². The van der Waals surface area contributed by atoms with E-state index in [2.05, 4.69) is 35.5 Å². The van der Waals surface area contributed by atoms with E-state index in [1.54, 1.807) is 12.4 Å². The zero-order valence-electron chi connectivity index (χ0n) is 14.7. The van der Waals surface area contributed by atoms with Crippen LogP contribution in [0.5, 0.6) is 0 Å². The topological polar surface area (TPSA) is 99.9 Å². The van der Waals surface area contributed by atoms with Crippen LogP contribution < -0.4 is 10.2 Å². The molecule has 0 aliphatic carbocycles. The van der Waals surface area contributed by atoms with Gasteiger partial charge in [0.2, 0.25) is 5.95 Å². The molecule has 136 valence electrons. The molecule has 0 unspecified atom stereocenters. The van der Waals surface area contributed by atoms with Gasteiger partial charge in [0.1, 0.15) is 12.1 Å². The van der Waals surface area contributed by atoms with Gasteiger partial charge in [-0.3, -0.25) is 4.98 Å². The van der Waals surface area contributed by atoms with Gasteiger partial charge >= 0.3 is 0 Å². The number of fused-ring (bicyclic) bond motifs is 1. The molecule has 2 N–H and O–H groups in total. The van der Waals surface area contributed by atoms with Crippen molar-refractivity contribution in [1.82, 2.24) is 34.8 Å². The third-order valence-corrected chi connectivity index (χ3v) is 4.81. The first-order chi connectivity index (χ1) is 13.4. The number of hydrogen-bond donors (Lipinski definition) is 2. The summed E-state index contributed by atoms with van der Waals surface area (Å²) in [5, 5.41) is 14.8. The molecule has 0 saturated carbocycles. The lowest BCUT2D eigenvalue weighted by Crippen LogP contribution is -2.42. The summed E-state index contributed by atoms with van der Waals surface area (Å²) in [6, 6.07) is 6.25. The third kappa shape index (κ3) is 3.07. The summed E-state index contributed by atoms with van der Waals surface area (Å²) in [4.78, 5) is 15.6. The van der Waals surface area contributed by atoms with Crippen molar-refractivity contribution in [1.29, 1.82) is 0 Å². The molecule has 1 aliphatic heterocycles. The molecule has 9 nitrogen and oxygen atoms in total. The van der Waals surface area contributed by atoms with Crippen LogP contribution in [0.3, 0.4) is 0 Å². The highest BCUT2D eigenvalue weighted by atomic mass is 15.4. The maximum absolute atomic E-state index is 4.77. The molecule has 1 saturated heterocycles. The number of hydrogen-bond acceptors (Lipinski definition) is 7. The van der Waals surface area contributed by atoms with Crippen molar-refractivity contribution in [3.63, 3.8) is 0 Å². The quantitative estimate of drug-likeness (QED) is 0.573. The minimum Gasteiger partial charge on any atom is -0.364 e. The highest BCUT2D eigenvalue weighted by Gasteiger charge is 2.22. The van der Waals surface area contributed by atoms with Crippen molar-refractivity contribution in [2.24, 2.45) is 0 Å². The van der Waals surface area contributed by atoms with E-state index in [1.165, 1.54) is 6.33 Å². The minimum atomic E-state index is 0.275. The normalized spacial score (nSPS) is 17.3. The van der Waals surface area contributed by atoms with E-state index in [1.807, 2.05) is 35.1 Å². The monoisotopic (exact) mass is 361 g/mol. The zero-order chi connectivity index (χ0) is 18.1. The van der Waals surface area contributed by atoms with E-state index in [0.717, 1.165) is 54.5 Å². The molecule has 9 heteroatoms. The molecular weight excluding hydrogens is 342 g/mol. The number of nitrogens with zero attached hydrogens (tertiary/aromatic N) is 7. The summed E-state index contributed by atoms with van der Waals surface area (Å²) >= 11 is 0. The average molecular weight is 361 g/mol. The molecule has 1 fully saturated rings. The zero-order valence-corrected chi connectivity index (χ0v) is 14.7. The summed E-state index contributed by atoms with van der Waals surface area (Å²) in [6.07, 6.45) is 11.0. The SMILES string of the molecule is c1ccn2ncc(-c3cncc(N[C@@H]4CCCN(c5ncn[nH]5)C4)n3)c2c1. The molecule has 0 radical (unpaired) electrons. The van der Waals surface area contributed by atoms with Crippen LogP contribution in [-0.2, 0) is 0 Å². The van der Waals surface area contributed by atoms with Crippen LogP contribution in [0, 0.1) is 0 Å². The van der Waals surface area contributed by atoms with Crippen LogP contribution in [-0.4, -0.2) is 53.9 Å². The Hall–Kier alpha value is -3.49. The lowest BCUT2D eigenvalue weighted by atomic mass is 10.1. The van der Waals surface area contributed by atoms with Gasteiger partial charge in [-0.05, 0) is 25.0 Å². The van der Waals surface area contributed by atoms with E-state index >= 15 is 0 Å². The summed E-state index contributed by atoms with van der Waals surface area (Å²) in [7, 11) is 0. The van der Waals surface area contributed by atoms with Crippen molar-refractivity contribution < 1.29 is 0 Å². The van der Waals surface area contributed by atoms with E-state index in [-0.39, 0.29) is 6.04 Å². The van der Waals surface area contributed by atoms with Gasteiger partial charge in [-0.15, -0.1) is 0 Å². The maximum atomic E-state index is 4.77. The lowest BCUT2D eigenvalue weighted by Gasteiger charge is -2.32. The number of piperidine rings is 1. The molecule has 0 bridgehead atoms. The number of rotatable bonds is 4. The maximum Gasteiger partial charge on any atom is 0.221 e. The molecule has 4 aromatic rings. The summed E-state index contributed by atoms with van der Waals surface area (Å²) in [6.45, 7) is 1.82. The number of nitrogens with one attached hydrogen (secondary N) is 2. The van der Waals surface area contributed by atoms with Crippen LogP contribution in [0.25, 0.3) is 16.8 Å². The summed E-state index contributed by atoms with van der Waals surface area (Å²) < 4.78 is 1.84. The minimum absolute atomic E-state index is 0.275. The van der Waals surface area contributed by atoms with Crippen LogP contribution in [0.2, 0.25) is 0 Å². The molecule has 4 aromatic heterocycles. The number of pyridine rings is 1. The fourth-order valence-electron chi connectivity index (χ4n) is 3.55. The highest BCUT2D eigenvalue weighted by Crippen LogP contribution is 2.24. The first-order valence-corrected chi connectivity index (χ1v) is 8.98. The van der Waals surface area contributed by atoms with Gasteiger partial charge in [0.15, 0.2) is 0 Å². The summed E-state index contributed by atoms with van der Waals surface area (Å²) in [5.74, 6) is 1.58. The van der Waals surface area contributed by atoms with Crippen molar-refractivity contribution in [2.75, 3.05) is 23.3 Å². The Labute approximate surface area is 155 Å². The Morgan fingerprint density at radius 3 is 3.11 bits per heavy atom. The summed E-state index contributed by atoms with van der Waals surface area (Å²) in [5.41, 5.74) is 2.79. The number of H-pyrrole nitrogens is 1. The molecule has 5 rings (SSSR count). The standard InChI is InChI=1S/C18H19N9/c1-2-7-27-16(5-1)14(8-22-27)15-9-19-10-17(24-15)23-13-4-3-6-26(11-13)18-20-12-21-25-18/h1-2,5,7-10,12-13H,3-4,6,11H2,(H,23,24)(H,20,21,25)/t13-/m1/s1. The Morgan fingerprint density at radius 1 is 1.19 bits per heavy atom. The second-order valence-electron chi connectivity index (χ2n) is 6.62. The van der Waals surface area contributed by atoms with Gasteiger partial charge in [-0.2, -0.15) is 15.2 Å². The molecule has 27 heavy (non-hydrogen) atoms. The van der Waals surface area contributed by atoms with Crippen LogP contribution in [0.1, 0.15) is 12.8 Å². The first kappa shape index (κ1) is 15.7. The van der Waals surface area contributed by atoms with E-state index in [4.69, 9.17) is 4.98 Å². The van der Waals surface area contributed by atoms with Gasteiger partial charge in [0.05, 0.1) is 29.8 Å². The Morgan fingerprint density at radius 2 is 2.19 bits per heavy atom. The van der Waals surface area contributed by atoms with E-state index < -0.39 is 0 Å². The first-order valence-electron chi connectivity index (χ1n) is 8.98. The number of aromatic nitrogens is 7. The second-order valence-corrected chi connectivity index (χ2v) is 6.62. The lowest BCUT2D eigenvalue weighted by molar-refractivity contribution is 0.522. The fraction of sp³-hybridized carbons (Fsp3) is 0.278. The molecule has 5 heterocycles. The van der Waals surface area contributed by atoms with Crippen molar-refractivity contribution in [2.45, 2.75) is 18.9 Å². The van der Waals surface area contributed by atoms with Gasteiger partial charge in [0, 0.05) is 30.9 Å². The van der Waals surface area contributed by atoms with Crippen LogP contribution in [0.15, 0.2) is 49.3 Å². The molecule has 0 spiro atoms. The predicted octanol–water partition coefficient (Wildman–Crippen LogP) is 1.99. The Kier molecular flexibility index (Phi) is 3.89. The second kappa shape index (κ2) is 6.67. The molecular formula is C18H19N9. The Balaban J connectivity index is 1.36. The van der Waals surface area contributed by atoms with Gasteiger partial charge in [-0.1, -0.05) is 6.07 Å². The van der Waals surface area contributed by atoms with Gasteiger partial charge in [0.25, 0.3) is 0 Å². The van der Waals surface area contributed by atoms with Gasteiger partial charge < -0.3 is 10.2 Å². The van der Waals surface area contributed by atoms with Crippen molar-refractivity contribution in [3.8, 4) is 11.3 Å². The Bertz CT molecular complexity index is 1040. The van der Waals surface area contributed by atoms with Gasteiger partial charge in [-0.25, -0.2) is 14.6 Å². The van der Waals surface area contributed by atoms with Crippen LogP contribution in [0.4, 0.5) is 11.8 Å². The van der Waals surface area contributed by atoms with Crippen molar-refractivity contribution >= 4 is 17.3 Å². The molecule has 1 aliphatic rings. The largest absolute Gasteiger partial charge is 0.364 e. The average Bonchev–Trinajstić information content (AvgIpc) is 3.39. The molecule has 0 amide bonds. The fourth-order valence-corrected chi connectivity index (χ4v) is 3.55. The molecule has 1 atom stereocenters. The third-order valence-electron chi connectivity index (χ3n) is 4.81. The smallest absolute Gasteiger partial charge is 0.221 e. The number of aromatic amines is 1. The predicted molar refractivity (Wildman–Crippen MR) is 101 cm³/mol. The van der Waals surface area contributed by atoms with E-state index in [0.29, 0.717) is 0 Å². The number of anilines is 2. The molecule has 0 aromatic carbocycles. The van der Waals surface area contributed by atoms with Crippen molar-refractivity contribution in [3.05, 3.63) is 49.3 Å². The van der Waals surface area contributed by atoms with E-state index in [9.17, 15) is 0 Å².